The number of benzene rings is 5. The lowest BCUT2D eigenvalue weighted by Gasteiger charge is -2.19. The van der Waals surface area contributed by atoms with Crippen molar-refractivity contribution < 1.29 is 141 Å². The molecule has 45 nitrogen and oxygen atoms in total. The number of anilines is 2. The van der Waals surface area contributed by atoms with Crippen LogP contribution in [0.5, 0.6) is 0 Å². The summed E-state index contributed by atoms with van der Waals surface area (Å²) in [6.07, 6.45) is -5.94. The molecule has 51 heteroatoms. The summed E-state index contributed by atoms with van der Waals surface area (Å²) in [5.74, 6) is 9.74. The van der Waals surface area contributed by atoms with E-state index in [0.29, 0.717) is 51.9 Å². The van der Waals surface area contributed by atoms with Gasteiger partial charge in [-0.15, -0.1) is 0 Å². The lowest BCUT2D eigenvalue weighted by Crippen LogP contribution is -2.28. The first kappa shape index (κ1) is 89.5. The van der Waals surface area contributed by atoms with Crippen molar-refractivity contribution in [2.45, 2.75) is 89.1 Å². The normalized spacial score (nSPS) is 19.1. The van der Waals surface area contributed by atoms with E-state index in [2.05, 4.69) is 80.9 Å². The third-order valence-corrected chi connectivity index (χ3v) is 23.8. The monoisotopic (exact) mass is 1720 g/mol. The Morgan fingerprint density at radius 2 is 1.16 bits per heavy atom. The van der Waals surface area contributed by atoms with Crippen LogP contribution in [0.15, 0.2) is 135 Å². The Bertz CT molecular complexity index is 5660. The lowest BCUT2D eigenvalue weighted by molar-refractivity contribution is -0.385. The van der Waals surface area contributed by atoms with Gasteiger partial charge >= 0.3 is 58.3 Å². The summed E-state index contributed by atoms with van der Waals surface area (Å²) < 4.78 is 111. The van der Waals surface area contributed by atoms with Crippen LogP contribution in [0.25, 0.3) is 33.4 Å². The zero-order chi connectivity index (χ0) is 84.1. The number of ether oxygens (including phenoxy) is 2. The van der Waals surface area contributed by atoms with Gasteiger partial charge in [0.1, 0.15) is 47.6 Å². The molecule has 6 aromatic rings. The zero-order valence-electron chi connectivity index (χ0n) is 59.4. The van der Waals surface area contributed by atoms with Crippen LogP contribution >= 0.6 is 46.9 Å². The quantitative estimate of drug-likeness (QED) is 0.00695. The van der Waals surface area contributed by atoms with Gasteiger partial charge in [-0.1, -0.05) is 47.9 Å². The van der Waals surface area contributed by atoms with Gasteiger partial charge in [-0.3, -0.25) is 48.2 Å². The molecule has 5 heterocycles. The standard InChI is InChI=1S/C45H45N6O19P3.C19H24N5O15P3/c1-3-47-30-12-15-33-39(21-30)67-38-19-27(23-46-2)9-13-32(38)43(33)34-20-28(11-14-31(34)44(54)55)36(52)7-5-4-6-26-8-10-29(35(18-26)51(57)58)24-48-41-16-17-50(45(56)49-41)42-22-37(53)40(68-42)25-66-72(62,63)70-73(64,65)69-71(59,60)61;20-6-1-2-12-3-4-13(14(8-12)24(27)28)10-21-17-5-7-23(19(26)22-17)18-9-15(25)16(37-18)11-36-41(32,33)39-42(34,35)38-40(29,30)31/h8-21,37,40,42,46,53H,3,5,7,22-25H2,1-2H3,(H,54,55)(H,62,63)(H,64,65)(H,48,49,56)(H2,59,60,61);3-5,7-8,15-16,18,25H,6,9-11,20H2,(H,32,33)(H,34,35)(H,21,22,26)(H2,29,30,31)/p-1/t37?,40-,42-;15?,16-,18-/m11/s1. The Kier molecular flexibility index (Phi) is 29.7. The number of phosphoric ester groups is 2. The van der Waals surface area contributed by atoms with Gasteiger partial charge in [0, 0.05) is 132 Å². The van der Waals surface area contributed by atoms with Crippen molar-refractivity contribution in [3.63, 3.8) is 0 Å². The number of aromatic nitrogens is 4. The first-order valence-corrected chi connectivity index (χ1v) is 42.2. The number of phosphoric acid groups is 6. The maximum absolute atomic E-state index is 13.6. The van der Waals surface area contributed by atoms with Gasteiger partial charge in [0.15, 0.2) is 5.78 Å². The molecule has 0 amide bonds. The molecule has 4 aliphatic rings. The number of carboxylic acids is 1. The van der Waals surface area contributed by atoms with Crippen LogP contribution in [0.4, 0.5) is 23.0 Å². The van der Waals surface area contributed by atoms with Crippen molar-refractivity contribution in [2.75, 3.05) is 44.0 Å². The third kappa shape index (κ3) is 25.3. The number of nitro groups is 2. The molecule has 2 fully saturated rings. The molecule has 3 aliphatic heterocycles. The molecule has 2 saturated heterocycles. The number of rotatable bonds is 32. The number of nitro benzene ring substituents is 2. The number of carboxylic acid groups (broad SMARTS) is 1. The molecule has 115 heavy (non-hydrogen) atoms. The van der Waals surface area contributed by atoms with E-state index < -0.39 is 124 Å². The molecule has 0 saturated carbocycles. The van der Waals surface area contributed by atoms with E-state index in [0.717, 1.165) is 14.7 Å². The average molecular weight is 1720 g/mol. The van der Waals surface area contributed by atoms with Crippen molar-refractivity contribution in [1.29, 1.82) is 0 Å². The molecular weight excluding hydrogens is 1650 g/mol. The highest BCUT2D eigenvalue weighted by atomic mass is 31.3. The summed E-state index contributed by atoms with van der Waals surface area (Å²) in [5, 5.41) is 66.8. The number of carbonyl (C=O) groups is 2. The van der Waals surface area contributed by atoms with Crippen LogP contribution < -0.4 is 43.5 Å². The molecule has 6 unspecified atom stereocenters. The van der Waals surface area contributed by atoms with Gasteiger partial charge in [-0.05, 0) is 85.8 Å². The number of hydrogen-bond acceptors (Lipinski definition) is 33. The SMILES string of the molecule is CCN=c1ccc2c(-c3cc(C(=O)CCC#Cc4ccc(CNc5ccn([C@H]6CC(O)[C@@H](COP(=O)(O)OP(=O)(O)OP(=O)(O)O)O6)c(=O)n5)c([N+](=O)[O-])c4)ccc3C(=O)[O-])c3ccc(CNC)cc3oc-2c1.NCC#Cc1ccc(CNc2ccn([C@H]3CC(O)[C@@H](COP(=O)(O)OP(=O)(O)OP(=O)(O)O)O3)c(=O)n2)c([N+](=O)[O-])c1. The van der Waals surface area contributed by atoms with Gasteiger partial charge in [0.25, 0.3) is 11.4 Å². The predicted octanol–water partition coefficient (Wildman–Crippen LogP) is 4.36. The zero-order valence-corrected chi connectivity index (χ0v) is 64.7. The van der Waals surface area contributed by atoms with E-state index >= 15 is 0 Å². The minimum absolute atomic E-state index is 0.00898. The minimum Gasteiger partial charge on any atom is -0.545 e. The number of aromatic carboxylic acids is 1. The number of aliphatic hydroxyl groups is 2. The molecule has 10 atom stereocenters. The van der Waals surface area contributed by atoms with Crippen molar-refractivity contribution in [3.8, 4) is 46.1 Å². The smallest absolute Gasteiger partial charge is 0.490 e. The second kappa shape index (κ2) is 38.1. The molecule has 0 spiro atoms. The molecule has 2 aromatic heterocycles. The summed E-state index contributed by atoms with van der Waals surface area (Å²) >= 11 is 0. The molecule has 0 bridgehead atoms. The number of aliphatic hydroxyl groups excluding tert-OH is 2. The van der Waals surface area contributed by atoms with Crippen molar-refractivity contribution >= 4 is 92.7 Å². The van der Waals surface area contributed by atoms with E-state index in [1.54, 1.807) is 24.3 Å². The van der Waals surface area contributed by atoms with Gasteiger partial charge in [-0.25, -0.2) is 37.0 Å². The second-order valence-electron chi connectivity index (χ2n) is 24.3. The highest BCUT2D eigenvalue weighted by Crippen LogP contribution is 2.67. The fraction of sp³-hybridized carbons (Fsp3) is 0.297. The van der Waals surface area contributed by atoms with Crippen molar-refractivity contribution in [2.24, 2.45) is 10.7 Å². The number of nitrogens with one attached hydrogen (secondary N) is 3. The number of nitrogens with zero attached hydrogens (tertiary/aromatic N) is 7. The molecule has 15 N–H and O–H groups in total. The van der Waals surface area contributed by atoms with Crippen LogP contribution in [0, 0.1) is 43.9 Å². The van der Waals surface area contributed by atoms with Crippen LogP contribution in [0.3, 0.4) is 0 Å². The number of hydrogen-bond donors (Lipinski definition) is 14. The van der Waals surface area contributed by atoms with E-state index in [1.165, 1.54) is 73.1 Å². The summed E-state index contributed by atoms with van der Waals surface area (Å²) in [7, 11) is -31.9. The fourth-order valence-corrected chi connectivity index (χ4v) is 17.4. The Morgan fingerprint density at radius 3 is 1.62 bits per heavy atom. The average Bonchev–Trinajstić information content (AvgIpc) is 1.42. The Morgan fingerprint density at radius 1 is 0.643 bits per heavy atom. The van der Waals surface area contributed by atoms with Gasteiger partial charge in [0.05, 0.1) is 53.1 Å². The van der Waals surface area contributed by atoms with Crippen LogP contribution in [-0.4, -0.2) is 148 Å². The maximum atomic E-state index is 13.6. The molecular formula is C64H68N11O34P6-. The van der Waals surface area contributed by atoms with E-state index in [9.17, 15) is 102 Å². The minimum atomic E-state index is -5.79. The van der Waals surface area contributed by atoms with Gasteiger partial charge < -0.3 is 94.8 Å². The summed E-state index contributed by atoms with van der Waals surface area (Å²) in [4.78, 5) is 159. The topological polar surface area (TPSA) is 679 Å². The van der Waals surface area contributed by atoms with E-state index in [4.69, 9.17) is 39.2 Å². The molecule has 10 rings (SSSR count). The lowest BCUT2D eigenvalue weighted by atomic mass is 9.88. The molecule has 4 aromatic carbocycles. The summed E-state index contributed by atoms with van der Waals surface area (Å²) in [6.45, 7) is 0.946. The predicted molar refractivity (Wildman–Crippen MR) is 394 cm³/mol. The number of ketones is 1. The largest absolute Gasteiger partial charge is 0.545 e. The molecule has 1 aliphatic carbocycles. The first-order valence-electron chi connectivity index (χ1n) is 33.2. The third-order valence-electron chi connectivity index (χ3n) is 16.2. The molecule has 614 valence electrons. The highest BCUT2D eigenvalue weighted by Gasteiger charge is 2.45. The number of carbonyl (C=O) groups excluding carboxylic acids is 2. The number of Topliss-reactive ketones (excluding diaryl/α,β-unsaturated/α-hetero) is 1. The Hall–Kier alpha value is -9.43. The number of fused-ring (bicyclic) bond motifs is 2. The van der Waals surface area contributed by atoms with Crippen LogP contribution in [-0.2, 0) is 82.8 Å². The molecule has 0 radical (unpaired) electrons. The number of nitrogens with two attached hydrogens (primary N) is 1. The van der Waals surface area contributed by atoms with Crippen molar-refractivity contribution in [1.82, 2.24) is 24.4 Å². The van der Waals surface area contributed by atoms with E-state index in [1.807, 2.05) is 32.2 Å². The summed E-state index contributed by atoms with van der Waals surface area (Å²) in [6, 6.07) is 26.5. The highest BCUT2D eigenvalue weighted by molar-refractivity contribution is 7.67. The first-order chi connectivity index (χ1) is 54.0. The van der Waals surface area contributed by atoms with Crippen LogP contribution in [0.1, 0.15) is 93.6 Å². The van der Waals surface area contributed by atoms with E-state index in [-0.39, 0.29) is 107 Å². The van der Waals surface area contributed by atoms with Crippen LogP contribution in [0.2, 0.25) is 0 Å². The Labute approximate surface area is 646 Å². The van der Waals surface area contributed by atoms with Gasteiger partial charge in [-0.2, -0.15) is 27.2 Å². The second-order valence-corrected chi connectivity index (χ2v) is 33.2. The Balaban J connectivity index is 0.000000305. The van der Waals surface area contributed by atoms with Crippen molar-refractivity contribution in [3.05, 3.63) is 201 Å². The summed E-state index contributed by atoms with van der Waals surface area (Å²) in [5.41, 5.74) is 7.05. The van der Waals surface area contributed by atoms with Gasteiger partial charge in [0.2, 0.25) is 0 Å². The maximum Gasteiger partial charge on any atom is 0.490 e. The fourth-order valence-electron chi connectivity index (χ4n) is 11.3.